The Morgan fingerprint density at radius 3 is 2.75 bits per heavy atom. The van der Waals surface area contributed by atoms with Crippen molar-refractivity contribution in [2.45, 2.75) is 35.9 Å². The number of hydrogen-bond donors (Lipinski definition) is 1. The zero-order valence-corrected chi connectivity index (χ0v) is 15.7. The molecule has 1 aliphatic carbocycles. The summed E-state index contributed by atoms with van der Waals surface area (Å²) in [6.07, 6.45) is 3.34. The van der Waals surface area contributed by atoms with Gasteiger partial charge in [-0.3, -0.25) is 19.5 Å². The van der Waals surface area contributed by atoms with Crippen molar-refractivity contribution in [3.05, 3.63) is 58.5 Å². The topological polar surface area (TPSA) is 116 Å². The van der Waals surface area contributed by atoms with Crippen LogP contribution in [0.5, 0.6) is 0 Å². The highest BCUT2D eigenvalue weighted by Crippen LogP contribution is 2.42. The monoisotopic (exact) mass is 396 g/mol. The van der Waals surface area contributed by atoms with Gasteiger partial charge in [-0.25, -0.2) is 4.98 Å². The van der Waals surface area contributed by atoms with E-state index in [1.807, 2.05) is 28.8 Å². The van der Waals surface area contributed by atoms with Crippen LogP contribution < -0.4 is 5.32 Å². The Bertz CT molecular complexity index is 1050. The maximum atomic E-state index is 11.4. The molecule has 1 fully saturated rings. The fraction of sp³-hybridized carbons (Fsp3) is 0.222. The van der Waals surface area contributed by atoms with Crippen LogP contribution in [-0.2, 0) is 4.79 Å². The van der Waals surface area contributed by atoms with Gasteiger partial charge in [-0.05, 0) is 48.9 Å². The minimum atomic E-state index is -0.483. The van der Waals surface area contributed by atoms with E-state index in [9.17, 15) is 14.9 Å². The van der Waals surface area contributed by atoms with Gasteiger partial charge in [-0.1, -0.05) is 6.07 Å². The van der Waals surface area contributed by atoms with Gasteiger partial charge in [0, 0.05) is 24.6 Å². The van der Waals surface area contributed by atoms with E-state index < -0.39 is 4.92 Å². The van der Waals surface area contributed by atoms with Crippen LogP contribution in [-0.4, -0.2) is 30.6 Å². The largest absolute Gasteiger partial charge is 0.326 e. The zero-order chi connectivity index (χ0) is 19.7. The quantitative estimate of drug-likeness (QED) is 0.500. The lowest BCUT2D eigenvalue weighted by atomic mass is 10.2. The summed E-state index contributed by atoms with van der Waals surface area (Å²) in [5, 5.41) is 23.5. The normalized spacial score (nSPS) is 13.3. The van der Waals surface area contributed by atoms with Crippen LogP contribution in [0.25, 0.3) is 5.69 Å². The second-order valence-corrected chi connectivity index (χ2v) is 7.38. The summed E-state index contributed by atoms with van der Waals surface area (Å²) in [6.45, 7) is 1.46. The van der Waals surface area contributed by atoms with Crippen molar-refractivity contribution in [3.8, 4) is 5.69 Å². The number of nitrogens with one attached hydrogen (secondary N) is 1. The maximum absolute atomic E-state index is 11.4. The SMILES string of the molecule is CC(=O)Nc1cccc(-n2c(Sc3ccc([N+](=O)[O-])cn3)nnc2C2CC2)c1. The number of aromatic nitrogens is 4. The molecule has 1 amide bonds. The number of anilines is 1. The third-order valence-electron chi connectivity index (χ3n) is 4.15. The minimum absolute atomic E-state index is 0.0625. The highest BCUT2D eigenvalue weighted by Gasteiger charge is 2.31. The summed E-state index contributed by atoms with van der Waals surface area (Å²) in [7, 11) is 0. The Balaban J connectivity index is 1.69. The van der Waals surface area contributed by atoms with Crippen molar-refractivity contribution >= 4 is 29.0 Å². The van der Waals surface area contributed by atoms with Gasteiger partial charge in [-0.15, -0.1) is 10.2 Å². The minimum Gasteiger partial charge on any atom is -0.326 e. The third-order valence-corrected chi connectivity index (χ3v) is 5.05. The van der Waals surface area contributed by atoms with E-state index in [2.05, 4.69) is 20.5 Å². The van der Waals surface area contributed by atoms with Crippen molar-refractivity contribution in [1.82, 2.24) is 19.7 Å². The predicted molar refractivity (Wildman–Crippen MR) is 103 cm³/mol. The van der Waals surface area contributed by atoms with Crippen molar-refractivity contribution in [3.63, 3.8) is 0 Å². The van der Waals surface area contributed by atoms with Gasteiger partial charge in [0.25, 0.3) is 5.69 Å². The number of pyridine rings is 1. The molecule has 142 valence electrons. The number of rotatable bonds is 6. The van der Waals surface area contributed by atoms with Crippen molar-refractivity contribution in [2.75, 3.05) is 5.32 Å². The molecule has 0 radical (unpaired) electrons. The number of nitrogens with zero attached hydrogens (tertiary/aromatic N) is 5. The molecule has 9 nitrogen and oxygen atoms in total. The van der Waals surface area contributed by atoms with E-state index in [0.717, 1.165) is 24.4 Å². The van der Waals surface area contributed by atoms with Crippen LogP contribution in [0, 0.1) is 10.1 Å². The van der Waals surface area contributed by atoms with Crippen LogP contribution in [0.4, 0.5) is 11.4 Å². The number of carbonyl (C=O) groups excluding carboxylic acids is 1. The summed E-state index contributed by atoms with van der Waals surface area (Å²) >= 11 is 1.28. The third kappa shape index (κ3) is 3.86. The van der Waals surface area contributed by atoms with Crippen LogP contribution in [0.1, 0.15) is 31.5 Å². The second kappa shape index (κ2) is 7.39. The molecule has 0 spiro atoms. The van der Waals surface area contributed by atoms with Crippen LogP contribution in [0.2, 0.25) is 0 Å². The van der Waals surface area contributed by atoms with Gasteiger partial charge in [0.15, 0.2) is 0 Å². The van der Waals surface area contributed by atoms with Gasteiger partial charge >= 0.3 is 0 Å². The lowest BCUT2D eigenvalue weighted by Crippen LogP contribution is -2.07. The molecular weight excluding hydrogens is 380 g/mol. The van der Waals surface area contributed by atoms with E-state index in [1.54, 1.807) is 6.07 Å². The molecule has 0 unspecified atom stereocenters. The van der Waals surface area contributed by atoms with E-state index in [0.29, 0.717) is 21.8 Å². The molecule has 1 saturated carbocycles. The molecule has 1 N–H and O–H groups in total. The van der Waals surface area contributed by atoms with Crippen molar-refractivity contribution in [1.29, 1.82) is 0 Å². The number of amides is 1. The summed E-state index contributed by atoms with van der Waals surface area (Å²) in [5.41, 5.74) is 1.46. The predicted octanol–water partition coefficient (Wildman–Crippen LogP) is 3.56. The number of nitro groups is 1. The summed E-state index contributed by atoms with van der Waals surface area (Å²) in [4.78, 5) is 25.8. The fourth-order valence-corrected chi connectivity index (χ4v) is 3.56. The second-order valence-electron chi connectivity index (χ2n) is 6.40. The molecule has 1 aliphatic rings. The average molecular weight is 396 g/mol. The Labute approximate surface area is 164 Å². The van der Waals surface area contributed by atoms with Crippen LogP contribution in [0.3, 0.4) is 0 Å². The molecular formula is C18H16N6O3S. The molecule has 2 heterocycles. The summed E-state index contributed by atoms with van der Waals surface area (Å²) < 4.78 is 1.96. The lowest BCUT2D eigenvalue weighted by molar-refractivity contribution is -0.385. The van der Waals surface area contributed by atoms with E-state index >= 15 is 0 Å². The van der Waals surface area contributed by atoms with E-state index in [4.69, 9.17) is 0 Å². The molecule has 10 heteroatoms. The number of benzene rings is 1. The molecule has 0 saturated heterocycles. The first-order chi connectivity index (χ1) is 13.5. The smallest absolute Gasteiger partial charge is 0.287 e. The molecule has 0 bridgehead atoms. The van der Waals surface area contributed by atoms with Gasteiger partial charge in [-0.2, -0.15) is 0 Å². The van der Waals surface area contributed by atoms with Crippen LogP contribution in [0.15, 0.2) is 52.8 Å². The van der Waals surface area contributed by atoms with E-state index in [-0.39, 0.29) is 11.6 Å². The van der Waals surface area contributed by atoms with Crippen LogP contribution >= 0.6 is 11.8 Å². The fourth-order valence-electron chi connectivity index (χ4n) is 2.76. The van der Waals surface area contributed by atoms with Crippen molar-refractivity contribution < 1.29 is 9.72 Å². The molecule has 0 aliphatic heterocycles. The Kier molecular flexibility index (Phi) is 4.78. The summed E-state index contributed by atoms with van der Waals surface area (Å²) in [6, 6.07) is 10.5. The average Bonchev–Trinajstić information content (AvgIpc) is 3.42. The standard InChI is InChI=1S/C18H16N6O3S/c1-11(25)20-13-3-2-4-14(9-13)23-17(12-5-6-12)21-22-18(23)28-16-8-7-15(10-19-16)24(26)27/h2-4,7-10,12H,5-6H2,1H3,(H,20,25). The molecule has 3 aromatic rings. The van der Waals surface area contributed by atoms with Gasteiger partial charge in [0.05, 0.1) is 10.6 Å². The van der Waals surface area contributed by atoms with Gasteiger partial charge in [0.2, 0.25) is 11.1 Å². The molecule has 28 heavy (non-hydrogen) atoms. The highest BCUT2D eigenvalue weighted by molar-refractivity contribution is 7.99. The highest BCUT2D eigenvalue weighted by atomic mass is 32.2. The molecule has 2 aromatic heterocycles. The Hall–Kier alpha value is -3.27. The van der Waals surface area contributed by atoms with Gasteiger partial charge < -0.3 is 5.32 Å². The van der Waals surface area contributed by atoms with E-state index in [1.165, 1.54) is 30.9 Å². The summed E-state index contributed by atoms with van der Waals surface area (Å²) in [5.74, 6) is 1.08. The first-order valence-electron chi connectivity index (χ1n) is 8.63. The first-order valence-corrected chi connectivity index (χ1v) is 9.44. The van der Waals surface area contributed by atoms with Gasteiger partial charge in [0.1, 0.15) is 17.0 Å². The Morgan fingerprint density at radius 2 is 2.11 bits per heavy atom. The number of hydrogen-bond acceptors (Lipinski definition) is 7. The maximum Gasteiger partial charge on any atom is 0.287 e. The zero-order valence-electron chi connectivity index (χ0n) is 14.9. The molecule has 4 rings (SSSR count). The molecule has 0 atom stereocenters. The van der Waals surface area contributed by atoms with Crippen molar-refractivity contribution in [2.24, 2.45) is 0 Å². The lowest BCUT2D eigenvalue weighted by Gasteiger charge is -2.11. The molecule has 1 aromatic carbocycles. The Morgan fingerprint density at radius 1 is 1.29 bits per heavy atom. The first kappa shape index (κ1) is 18.1. The number of carbonyl (C=O) groups is 1.